The van der Waals surface area contributed by atoms with Crippen molar-refractivity contribution >= 4 is 21.4 Å². The van der Waals surface area contributed by atoms with Gasteiger partial charge in [0.05, 0.1) is 16.6 Å². The molecular formula is C14H19FN2O3S. The molecule has 1 aliphatic rings. The number of amides is 1. The maximum absolute atomic E-state index is 13.7. The van der Waals surface area contributed by atoms with E-state index in [1.165, 1.54) is 6.07 Å². The second-order valence-electron chi connectivity index (χ2n) is 5.26. The van der Waals surface area contributed by atoms with Gasteiger partial charge in [0.15, 0.2) is 9.84 Å². The molecular weight excluding hydrogens is 295 g/mol. The molecule has 5 nitrogen and oxygen atoms in total. The summed E-state index contributed by atoms with van der Waals surface area (Å²) in [4.78, 5) is 12.1. The van der Waals surface area contributed by atoms with E-state index < -0.39 is 15.7 Å². The quantitative estimate of drug-likeness (QED) is 0.833. The van der Waals surface area contributed by atoms with Gasteiger partial charge in [0.25, 0.3) is 0 Å². The Morgan fingerprint density at radius 3 is 2.81 bits per heavy atom. The molecule has 7 heteroatoms. The third-order valence-corrected chi connectivity index (χ3v) is 4.61. The van der Waals surface area contributed by atoms with E-state index >= 15 is 0 Å². The fourth-order valence-corrected chi connectivity index (χ4v) is 2.95. The number of carbonyl (C=O) groups is 1. The molecule has 2 rings (SSSR count). The van der Waals surface area contributed by atoms with Crippen molar-refractivity contribution in [2.24, 2.45) is 0 Å². The lowest BCUT2D eigenvalue weighted by molar-refractivity contribution is -0.118. The molecule has 0 radical (unpaired) electrons. The largest absolute Gasteiger partial charge is 0.322 e. The molecule has 0 bridgehead atoms. The van der Waals surface area contributed by atoms with E-state index in [1.807, 2.05) is 0 Å². The number of hydrogen-bond acceptors (Lipinski definition) is 4. The highest BCUT2D eigenvalue weighted by molar-refractivity contribution is 7.90. The summed E-state index contributed by atoms with van der Waals surface area (Å²) in [6, 6.07) is 3.02. The smallest absolute Gasteiger partial charge is 0.241 e. The summed E-state index contributed by atoms with van der Waals surface area (Å²) in [5, 5.41) is 5.59. The number of halogens is 1. The van der Waals surface area contributed by atoms with Gasteiger partial charge in [-0.15, -0.1) is 0 Å². The summed E-state index contributed by atoms with van der Waals surface area (Å²) in [7, 11) is -3.44. The molecule has 1 amide bonds. The summed E-state index contributed by atoms with van der Waals surface area (Å²) in [5.41, 5.74) is -0.103. The van der Waals surface area contributed by atoms with Crippen molar-refractivity contribution in [3.63, 3.8) is 0 Å². The molecule has 2 N–H and O–H groups in total. The van der Waals surface area contributed by atoms with Crippen molar-refractivity contribution in [2.75, 3.05) is 18.1 Å². The first kappa shape index (κ1) is 15.9. The zero-order valence-electron chi connectivity index (χ0n) is 11.9. The Morgan fingerprint density at radius 1 is 1.33 bits per heavy atom. The first-order valence-corrected chi connectivity index (χ1v) is 8.81. The van der Waals surface area contributed by atoms with Crippen molar-refractivity contribution in [1.82, 2.24) is 5.32 Å². The minimum Gasteiger partial charge on any atom is -0.322 e. The molecule has 0 spiro atoms. The number of carbonyl (C=O) groups excluding carboxylic acids is 1. The van der Waals surface area contributed by atoms with Gasteiger partial charge in [0.2, 0.25) is 5.91 Å². The van der Waals surface area contributed by atoms with Crippen molar-refractivity contribution in [2.45, 2.75) is 36.6 Å². The van der Waals surface area contributed by atoms with Crippen LogP contribution in [-0.4, -0.2) is 33.2 Å². The van der Waals surface area contributed by atoms with Crippen LogP contribution in [0.4, 0.5) is 10.1 Å². The maximum atomic E-state index is 13.7. The average Bonchev–Trinajstić information content (AvgIpc) is 2.68. The zero-order chi connectivity index (χ0) is 15.5. The van der Waals surface area contributed by atoms with Gasteiger partial charge in [0, 0.05) is 6.26 Å². The lowest BCUT2D eigenvalue weighted by Crippen LogP contribution is -2.40. The van der Waals surface area contributed by atoms with Crippen LogP contribution >= 0.6 is 0 Å². The first-order chi connectivity index (χ1) is 9.88. The summed E-state index contributed by atoms with van der Waals surface area (Å²) in [6.07, 6.45) is 4.76. The molecule has 1 unspecified atom stereocenters. The summed E-state index contributed by atoms with van der Waals surface area (Å²) >= 11 is 0. The van der Waals surface area contributed by atoms with Crippen LogP contribution in [0.25, 0.3) is 0 Å². The summed E-state index contributed by atoms with van der Waals surface area (Å²) in [6.45, 7) is 0.754. The van der Waals surface area contributed by atoms with Crippen LogP contribution in [0.2, 0.25) is 0 Å². The van der Waals surface area contributed by atoms with E-state index in [9.17, 15) is 17.6 Å². The predicted molar refractivity (Wildman–Crippen MR) is 78.4 cm³/mol. The molecule has 1 atom stereocenters. The topological polar surface area (TPSA) is 75.3 Å². The summed E-state index contributed by atoms with van der Waals surface area (Å²) in [5.74, 6) is -0.981. The van der Waals surface area contributed by atoms with Crippen LogP contribution < -0.4 is 10.6 Å². The highest BCUT2D eigenvalue weighted by Crippen LogP contribution is 2.20. The normalized spacial score (nSPS) is 19.8. The fourth-order valence-electron chi connectivity index (χ4n) is 2.30. The molecule has 0 aliphatic carbocycles. The molecule has 116 valence electrons. The standard InChI is InChI=1S/C14H19FN2O3S/c1-21(19,20)10-6-7-11(15)13(9-10)17-14(18)12-5-3-2-4-8-16-12/h6-7,9,12,16H,2-5,8H2,1H3,(H,17,18). The van der Waals surface area contributed by atoms with Crippen LogP contribution in [0.3, 0.4) is 0 Å². The lowest BCUT2D eigenvalue weighted by Gasteiger charge is -2.16. The highest BCUT2D eigenvalue weighted by Gasteiger charge is 2.21. The molecule has 0 aromatic heterocycles. The third kappa shape index (κ3) is 4.25. The monoisotopic (exact) mass is 314 g/mol. The first-order valence-electron chi connectivity index (χ1n) is 6.92. The average molecular weight is 314 g/mol. The Bertz CT molecular complexity index is 623. The van der Waals surface area contributed by atoms with Crippen LogP contribution in [0.1, 0.15) is 25.7 Å². The molecule has 1 aliphatic heterocycles. The van der Waals surface area contributed by atoms with Gasteiger partial charge in [-0.05, 0) is 37.6 Å². The molecule has 21 heavy (non-hydrogen) atoms. The molecule has 1 aromatic rings. The zero-order valence-corrected chi connectivity index (χ0v) is 12.7. The van der Waals surface area contributed by atoms with Gasteiger partial charge in [-0.25, -0.2) is 12.8 Å². The van der Waals surface area contributed by atoms with Gasteiger partial charge < -0.3 is 10.6 Å². The Hall–Kier alpha value is -1.47. The van der Waals surface area contributed by atoms with Crippen molar-refractivity contribution in [3.8, 4) is 0 Å². The van der Waals surface area contributed by atoms with Gasteiger partial charge in [-0.1, -0.05) is 12.8 Å². The minimum atomic E-state index is -3.44. The van der Waals surface area contributed by atoms with Crippen molar-refractivity contribution < 1.29 is 17.6 Å². The van der Waals surface area contributed by atoms with Crippen molar-refractivity contribution in [3.05, 3.63) is 24.0 Å². The number of hydrogen-bond donors (Lipinski definition) is 2. The predicted octanol–water partition coefficient (Wildman–Crippen LogP) is 1.70. The number of anilines is 1. The molecule has 1 saturated heterocycles. The Balaban J connectivity index is 2.16. The number of sulfone groups is 1. The Kier molecular flexibility index (Phi) is 4.95. The van der Waals surface area contributed by atoms with E-state index in [0.717, 1.165) is 44.2 Å². The van der Waals surface area contributed by atoms with Crippen LogP contribution in [-0.2, 0) is 14.6 Å². The molecule has 1 aromatic carbocycles. The third-order valence-electron chi connectivity index (χ3n) is 3.50. The van der Waals surface area contributed by atoms with Crippen LogP contribution in [0.15, 0.2) is 23.1 Å². The number of nitrogens with one attached hydrogen (secondary N) is 2. The lowest BCUT2D eigenvalue weighted by atomic mass is 10.1. The van der Waals surface area contributed by atoms with Gasteiger partial charge in [0.1, 0.15) is 5.82 Å². The van der Waals surface area contributed by atoms with E-state index in [2.05, 4.69) is 10.6 Å². The SMILES string of the molecule is CS(=O)(=O)c1ccc(F)c(NC(=O)C2CCCCCN2)c1. The second-order valence-corrected chi connectivity index (χ2v) is 7.27. The van der Waals surface area contributed by atoms with Crippen LogP contribution in [0, 0.1) is 5.82 Å². The molecule has 0 saturated carbocycles. The number of benzene rings is 1. The van der Waals surface area contributed by atoms with E-state index in [-0.39, 0.29) is 22.5 Å². The fraction of sp³-hybridized carbons (Fsp3) is 0.500. The van der Waals surface area contributed by atoms with Crippen molar-refractivity contribution in [1.29, 1.82) is 0 Å². The van der Waals surface area contributed by atoms with Gasteiger partial charge in [-0.3, -0.25) is 4.79 Å². The van der Waals surface area contributed by atoms with Gasteiger partial charge >= 0.3 is 0 Å². The van der Waals surface area contributed by atoms with E-state index in [4.69, 9.17) is 0 Å². The maximum Gasteiger partial charge on any atom is 0.241 e. The molecule has 1 fully saturated rings. The Labute approximate surface area is 123 Å². The van der Waals surface area contributed by atoms with Gasteiger partial charge in [-0.2, -0.15) is 0 Å². The highest BCUT2D eigenvalue weighted by atomic mass is 32.2. The van der Waals surface area contributed by atoms with E-state index in [0.29, 0.717) is 6.42 Å². The van der Waals surface area contributed by atoms with Crippen LogP contribution in [0.5, 0.6) is 0 Å². The molecule has 1 heterocycles. The number of rotatable bonds is 3. The second kappa shape index (κ2) is 6.53. The summed E-state index contributed by atoms with van der Waals surface area (Å²) < 4.78 is 36.7. The Morgan fingerprint density at radius 2 is 2.10 bits per heavy atom. The minimum absolute atomic E-state index is 0.0203. The van der Waals surface area contributed by atoms with E-state index in [1.54, 1.807) is 0 Å².